The van der Waals surface area contributed by atoms with Crippen LogP contribution in [0.25, 0.3) is 0 Å². The van der Waals surface area contributed by atoms with Crippen molar-refractivity contribution in [2.75, 3.05) is 0 Å². The number of benzene rings is 1. The van der Waals surface area contributed by atoms with Gasteiger partial charge in [0.1, 0.15) is 18.3 Å². The molecule has 1 aromatic rings. The second-order valence-electron chi connectivity index (χ2n) is 6.31. The lowest BCUT2D eigenvalue weighted by Crippen LogP contribution is -2.38. The number of hydrogen-bond acceptors (Lipinski definition) is 5. The molecule has 1 N–H and O–H groups in total. The van der Waals surface area contributed by atoms with Gasteiger partial charge in [0.2, 0.25) is 0 Å². The smallest absolute Gasteiger partial charge is 0.187 e. The molecule has 22 heavy (non-hydrogen) atoms. The van der Waals surface area contributed by atoms with Gasteiger partial charge < -0.3 is 24.1 Å². The Hall–Kier alpha value is -0.980. The highest BCUT2D eigenvalue weighted by Crippen LogP contribution is 2.40. The standard InChI is InChI=1S/C17H24O5/c1-4-12(18)13-14-15(22-17(2,3)21-14)16(20-13)19-10-11-8-6-5-7-9-11/h5-9,12-16,18H,4,10H2,1-3H3/t12-,13+,14?,15?,16-/m0/s1. The van der Waals surface area contributed by atoms with Crippen molar-refractivity contribution in [2.45, 2.75) is 70.3 Å². The highest BCUT2D eigenvalue weighted by molar-refractivity contribution is 5.13. The second kappa shape index (κ2) is 6.26. The Morgan fingerprint density at radius 2 is 1.86 bits per heavy atom. The van der Waals surface area contributed by atoms with Crippen LogP contribution in [0.5, 0.6) is 0 Å². The molecule has 2 aliphatic rings. The minimum Gasteiger partial charge on any atom is -0.390 e. The quantitative estimate of drug-likeness (QED) is 0.904. The molecule has 0 radical (unpaired) electrons. The zero-order valence-electron chi connectivity index (χ0n) is 13.3. The van der Waals surface area contributed by atoms with Crippen molar-refractivity contribution in [3.8, 4) is 0 Å². The van der Waals surface area contributed by atoms with Gasteiger partial charge in [-0.25, -0.2) is 0 Å². The summed E-state index contributed by atoms with van der Waals surface area (Å²) in [5, 5.41) is 10.2. The van der Waals surface area contributed by atoms with Gasteiger partial charge in [-0.15, -0.1) is 0 Å². The Bertz CT molecular complexity index is 489. The van der Waals surface area contributed by atoms with Gasteiger partial charge in [-0.1, -0.05) is 37.3 Å². The first-order valence-corrected chi connectivity index (χ1v) is 7.85. The molecule has 0 spiro atoms. The van der Waals surface area contributed by atoms with Crippen LogP contribution in [0.4, 0.5) is 0 Å². The van der Waals surface area contributed by atoms with E-state index in [-0.39, 0.29) is 12.2 Å². The van der Waals surface area contributed by atoms with Crippen LogP contribution in [0, 0.1) is 0 Å². The lowest BCUT2D eigenvalue weighted by Gasteiger charge is -2.26. The molecule has 0 aromatic heterocycles. The van der Waals surface area contributed by atoms with Gasteiger partial charge in [-0.2, -0.15) is 0 Å². The summed E-state index contributed by atoms with van der Waals surface area (Å²) in [6, 6.07) is 9.91. The number of ether oxygens (including phenoxy) is 4. The SMILES string of the molecule is CC[C@H](O)[C@H]1O[C@H](OCc2ccccc2)C2OC(C)(C)OC21. The molecule has 122 valence electrons. The van der Waals surface area contributed by atoms with Crippen LogP contribution in [-0.2, 0) is 25.6 Å². The number of aliphatic hydroxyl groups excluding tert-OH is 1. The van der Waals surface area contributed by atoms with Gasteiger partial charge >= 0.3 is 0 Å². The molecular formula is C17H24O5. The van der Waals surface area contributed by atoms with Gasteiger partial charge in [-0.3, -0.25) is 0 Å². The van der Waals surface area contributed by atoms with E-state index < -0.39 is 24.3 Å². The molecule has 2 unspecified atom stereocenters. The minimum absolute atomic E-state index is 0.300. The molecule has 1 aromatic carbocycles. The molecule has 2 aliphatic heterocycles. The van der Waals surface area contributed by atoms with Crippen LogP contribution in [0.15, 0.2) is 30.3 Å². The maximum atomic E-state index is 10.2. The Labute approximate surface area is 131 Å². The fraction of sp³-hybridized carbons (Fsp3) is 0.647. The summed E-state index contributed by atoms with van der Waals surface area (Å²) in [7, 11) is 0. The average Bonchev–Trinajstić information content (AvgIpc) is 2.99. The first-order valence-electron chi connectivity index (χ1n) is 7.85. The van der Waals surface area contributed by atoms with E-state index >= 15 is 0 Å². The van der Waals surface area contributed by atoms with Crippen molar-refractivity contribution >= 4 is 0 Å². The molecule has 5 heteroatoms. The summed E-state index contributed by atoms with van der Waals surface area (Å²) in [6.45, 7) is 6.10. The second-order valence-corrected chi connectivity index (χ2v) is 6.31. The normalized spacial score (nSPS) is 34.5. The predicted molar refractivity (Wildman–Crippen MR) is 80.0 cm³/mol. The Balaban J connectivity index is 1.69. The third-order valence-corrected chi connectivity index (χ3v) is 4.10. The van der Waals surface area contributed by atoms with Crippen molar-refractivity contribution in [3.63, 3.8) is 0 Å². The van der Waals surface area contributed by atoms with Gasteiger partial charge in [0, 0.05) is 0 Å². The molecule has 0 saturated carbocycles. The average molecular weight is 308 g/mol. The van der Waals surface area contributed by atoms with E-state index in [9.17, 15) is 5.11 Å². The van der Waals surface area contributed by atoms with E-state index in [1.165, 1.54) is 0 Å². The van der Waals surface area contributed by atoms with E-state index in [1.54, 1.807) is 0 Å². The van der Waals surface area contributed by atoms with Crippen molar-refractivity contribution in [2.24, 2.45) is 0 Å². The molecular weight excluding hydrogens is 284 g/mol. The zero-order chi connectivity index (χ0) is 15.7. The summed E-state index contributed by atoms with van der Waals surface area (Å²) in [5.74, 6) is -0.681. The third kappa shape index (κ3) is 3.19. The molecule has 5 atom stereocenters. The van der Waals surface area contributed by atoms with Crippen LogP contribution >= 0.6 is 0 Å². The van der Waals surface area contributed by atoms with Gasteiger partial charge in [0.05, 0.1) is 12.7 Å². The molecule has 0 aliphatic carbocycles. The molecule has 2 saturated heterocycles. The van der Waals surface area contributed by atoms with Crippen LogP contribution < -0.4 is 0 Å². The van der Waals surface area contributed by atoms with Gasteiger partial charge in [0.25, 0.3) is 0 Å². The molecule has 0 bridgehead atoms. The monoisotopic (exact) mass is 308 g/mol. The Morgan fingerprint density at radius 1 is 1.18 bits per heavy atom. The van der Waals surface area contributed by atoms with E-state index in [2.05, 4.69) is 0 Å². The van der Waals surface area contributed by atoms with E-state index in [4.69, 9.17) is 18.9 Å². The van der Waals surface area contributed by atoms with E-state index in [1.807, 2.05) is 51.1 Å². The topological polar surface area (TPSA) is 57.2 Å². The largest absolute Gasteiger partial charge is 0.390 e. The zero-order valence-corrected chi connectivity index (χ0v) is 13.3. The van der Waals surface area contributed by atoms with E-state index in [0.717, 1.165) is 5.56 Å². The third-order valence-electron chi connectivity index (χ3n) is 4.10. The maximum absolute atomic E-state index is 10.2. The molecule has 0 amide bonds. The van der Waals surface area contributed by atoms with Crippen LogP contribution in [0.1, 0.15) is 32.8 Å². The molecule has 3 rings (SSSR count). The summed E-state index contributed by atoms with van der Waals surface area (Å²) in [4.78, 5) is 0. The number of aliphatic hydroxyl groups is 1. The Kier molecular flexibility index (Phi) is 4.52. The van der Waals surface area contributed by atoms with Crippen molar-refractivity contribution < 1.29 is 24.1 Å². The highest BCUT2D eigenvalue weighted by atomic mass is 16.8. The van der Waals surface area contributed by atoms with Crippen LogP contribution in [0.2, 0.25) is 0 Å². The first-order chi connectivity index (χ1) is 10.5. The first kappa shape index (κ1) is 15.9. The summed E-state index contributed by atoms with van der Waals surface area (Å²) < 4.78 is 23.6. The summed E-state index contributed by atoms with van der Waals surface area (Å²) in [6.07, 6.45) is -1.55. The fourth-order valence-corrected chi connectivity index (χ4v) is 3.02. The molecule has 2 fully saturated rings. The van der Waals surface area contributed by atoms with Gasteiger partial charge in [-0.05, 0) is 25.8 Å². The maximum Gasteiger partial charge on any atom is 0.187 e. The lowest BCUT2D eigenvalue weighted by atomic mass is 10.0. The summed E-state index contributed by atoms with van der Waals surface area (Å²) in [5.41, 5.74) is 1.07. The van der Waals surface area contributed by atoms with Crippen molar-refractivity contribution in [1.29, 1.82) is 0 Å². The van der Waals surface area contributed by atoms with Crippen LogP contribution in [0.3, 0.4) is 0 Å². The number of fused-ring (bicyclic) bond motifs is 1. The Morgan fingerprint density at radius 3 is 2.55 bits per heavy atom. The number of hydrogen-bond donors (Lipinski definition) is 1. The predicted octanol–water partition coefficient (Wildman–Crippen LogP) is 2.22. The van der Waals surface area contributed by atoms with Gasteiger partial charge in [0.15, 0.2) is 12.1 Å². The lowest BCUT2D eigenvalue weighted by molar-refractivity contribution is -0.245. The molecule has 2 heterocycles. The summed E-state index contributed by atoms with van der Waals surface area (Å²) >= 11 is 0. The van der Waals surface area contributed by atoms with Crippen molar-refractivity contribution in [3.05, 3.63) is 35.9 Å². The fourth-order valence-electron chi connectivity index (χ4n) is 3.02. The minimum atomic E-state index is -0.681. The highest BCUT2D eigenvalue weighted by Gasteiger charge is 2.57. The van der Waals surface area contributed by atoms with Crippen molar-refractivity contribution in [1.82, 2.24) is 0 Å². The molecule has 5 nitrogen and oxygen atoms in total. The van der Waals surface area contributed by atoms with Crippen LogP contribution in [-0.4, -0.2) is 41.6 Å². The number of rotatable bonds is 5. The van der Waals surface area contributed by atoms with E-state index in [0.29, 0.717) is 13.0 Å².